The number of thiophene rings is 2. The molecule has 0 aliphatic heterocycles. The van der Waals surface area contributed by atoms with E-state index in [1.165, 1.54) is 84.1 Å². The van der Waals surface area contributed by atoms with Gasteiger partial charge in [0.25, 0.3) is 0 Å². The molecular formula is C38H22S2. The number of benzene rings is 7. The Morgan fingerprint density at radius 1 is 0.325 bits per heavy atom. The van der Waals surface area contributed by atoms with E-state index in [2.05, 4.69) is 133 Å². The van der Waals surface area contributed by atoms with Crippen LogP contribution >= 0.6 is 22.7 Å². The monoisotopic (exact) mass is 542 g/mol. The maximum Gasteiger partial charge on any atom is 0.0542 e. The van der Waals surface area contributed by atoms with Gasteiger partial charge in [-0.2, -0.15) is 0 Å². The molecule has 0 fully saturated rings. The van der Waals surface area contributed by atoms with E-state index >= 15 is 0 Å². The molecule has 0 spiro atoms. The quantitative estimate of drug-likeness (QED) is 0.204. The van der Waals surface area contributed by atoms with Gasteiger partial charge in [0.2, 0.25) is 0 Å². The van der Waals surface area contributed by atoms with Gasteiger partial charge in [0.15, 0.2) is 0 Å². The van der Waals surface area contributed by atoms with Gasteiger partial charge in [-0.1, -0.05) is 103 Å². The maximum absolute atomic E-state index is 2.40. The van der Waals surface area contributed by atoms with Crippen LogP contribution in [0.15, 0.2) is 133 Å². The van der Waals surface area contributed by atoms with Crippen molar-refractivity contribution in [2.75, 3.05) is 0 Å². The first-order chi connectivity index (χ1) is 19.8. The van der Waals surface area contributed by atoms with Crippen molar-refractivity contribution in [2.45, 2.75) is 0 Å². The number of hydrogen-bond donors (Lipinski definition) is 0. The van der Waals surface area contributed by atoms with Crippen LogP contribution in [0.25, 0.3) is 84.1 Å². The molecule has 0 saturated carbocycles. The highest BCUT2D eigenvalue weighted by Gasteiger charge is 2.15. The number of hydrogen-bond acceptors (Lipinski definition) is 2. The molecule has 9 aromatic rings. The predicted molar refractivity (Wildman–Crippen MR) is 178 cm³/mol. The van der Waals surface area contributed by atoms with Crippen LogP contribution in [0.1, 0.15) is 0 Å². The molecule has 2 aromatic heterocycles. The highest BCUT2D eigenvalue weighted by Crippen LogP contribution is 2.46. The van der Waals surface area contributed by atoms with Crippen molar-refractivity contribution in [1.29, 1.82) is 0 Å². The third-order valence-electron chi connectivity index (χ3n) is 8.23. The summed E-state index contributed by atoms with van der Waals surface area (Å²) in [5.41, 5.74) is 5.07. The molecule has 186 valence electrons. The molecule has 0 bridgehead atoms. The van der Waals surface area contributed by atoms with Crippen LogP contribution in [0, 0.1) is 0 Å². The third-order valence-corrected chi connectivity index (χ3v) is 10.7. The highest BCUT2D eigenvalue weighted by molar-refractivity contribution is 7.36. The molecule has 0 atom stereocenters. The maximum atomic E-state index is 2.40. The fourth-order valence-electron chi connectivity index (χ4n) is 6.27. The lowest BCUT2D eigenvalue weighted by Gasteiger charge is -2.13. The summed E-state index contributed by atoms with van der Waals surface area (Å²) >= 11 is 3.87. The molecule has 2 heteroatoms. The van der Waals surface area contributed by atoms with Gasteiger partial charge < -0.3 is 0 Å². The topological polar surface area (TPSA) is 0 Å². The number of fused-ring (bicyclic) bond motifs is 8. The Bertz CT molecular complexity index is 2420. The van der Waals surface area contributed by atoms with Crippen LogP contribution in [0.4, 0.5) is 0 Å². The van der Waals surface area contributed by atoms with Gasteiger partial charge in [-0.05, 0) is 84.9 Å². The van der Waals surface area contributed by atoms with E-state index in [1.807, 2.05) is 22.7 Å². The Morgan fingerprint density at radius 2 is 0.850 bits per heavy atom. The molecule has 7 aromatic carbocycles. The zero-order valence-electron chi connectivity index (χ0n) is 21.5. The summed E-state index contributed by atoms with van der Waals surface area (Å²) in [6, 6.07) is 49.3. The molecule has 0 N–H and O–H groups in total. The molecule has 40 heavy (non-hydrogen) atoms. The van der Waals surface area contributed by atoms with Gasteiger partial charge in [-0.3, -0.25) is 0 Å². The standard InChI is InChI=1S/C38H22S2/c1-2-8-23(9-3-1)29-16-17-30(32-13-7-6-12-31(29)32)27-15-14-26-20-34-36(22-28(26)18-27)40-37-33-19-24-10-4-5-11-25(24)21-35(33)39-38(34)37/h1-22H. The zero-order valence-corrected chi connectivity index (χ0v) is 23.2. The van der Waals surface area contributed by atoms with Gasteiger partial charge >= 0.3 is 0 Å². The lowest BCUT2D eigenvalue weighted by Crippen LogP contribution is -1.86. The lowest BCUT2D eigenvalue weighted by molar-refractivity contribution is 1.64. The average molecular weight is 543 g/mol. The Morgan fingerprint density at radius 3 is 1.52 bits per heavy atom. The van der Waals surface area contributed by atoms with Gasteiger partial charge in [0.05, 0.1) is 9.40 Å². The van der Waals surface area contributed by atoms with E-state index in [1.54, 1.807) is 0 Å². The average Bonchev–Trinajstić information content (AvgIpc) is 3.53. The van der Waals surface area contributed by atoms with Gasteiger partial charge in [0, 0.05) is 20.2 Å². The summed E-state index contributed by atoms with van der Waals surface area (Å²) in [7, 11) is 0. The van der Waals surface area contributed by atoms with E-state index in [4.69, 9.17) is 0 Å². The lowest BCUT2D eigenvalue weighted by atomic mass is 9.91. The molecule has 0 aliphatic rings. The van der Waals surface area contributed by atoms with Crippen LogP contribution in [-0.4, -0.2) is 0 Å². The minimum Gasteiger partial charge on any atom is -0.134 e. The Labute approximate surface area is 239 Å². The first-order valence-electron chi connectivity index (χ1n) is 13.6. The molecule has 9 rings (SSSR count). The van der Waals surface area contributed by atoms with E-state index in [0.29, 0.717) is 0 Å². The van der Waals surface area contributed by atoms with Crippen molar-refractivity contribution in [3.63, 3.8) is 0 Å². The minimum absolute atomic E-state index is 1.25. The summed E-state index contributed by atoms with van der Waals surface area (Å²) in [6.07, 6.45) is 0. The normalized spacial score (nSPS) is 12.0. The summed E-state index contributed by atoms with van der Waals surface area (Å²) < 4.78 is 5.57. The SMILES string of the molecule is c1ccc(-c2ccc(-c3ccc4cc5c(cc4c3)sc3c4cc6ccccc6cc4sc53)c3ccccc23)cc1. The van der Waals surface area contributed by atoms with Crippen LogP contribution in [0.3, 0.4) is 0 Å². The smallest absolute Gasteiger partial charge is 0.0542 e. The summed E-state index contributed by atoms with van der Waals surface area (Å²) in [5, 5.41) is 10.6. The Kier molecular flexibility index (Phi) is 4.74. The molecule has 0 unspecified atom stereocenters. The van der Waals surface area contributed by atoms with E-state index in [-0.39, 0.29) is 0 Å². The first-order valence-corrected chi connectivity index (χ1v) is 15.2. The van der Waals surface area contributed by atoms with Gasteiger partial charge in [-0.25, -0.2) is 0 Å². The molecule has 0 saturated heterocycles. The first kappa shape index (κ1) is 22.3. The molecule has 0 aliphatic carbocycles. The van der Waals surface area contributed by atoms with Crippen LogP contribution in [0.5, 0.6) is 0 Å². The molecule has 0 nitrogen and oxygen atoms in total. The summed E-state index contributed by atoms with van der Waals surface area (Å²) in [4.78, 5) is 0. The van der Waals surface area contributed by atoms with Gasteiger partial charge in [-0.15, -0.1) is 22.7 Å². The molecule has 2 heterocycles. The van der Waals surface area contributed by atoms with Crippen molar-refractivity contribution in [1.82, 2.24) is 0 Å². The Balaban J connectivity index is 1.23. The van der Waals surface area contributed by atoms with Gasteiger partial charge in [0.1, 0.15) is 0 Å². The number of rotatable bonds is 2. The van der Waals surface area contributed by atoms with Crippen molar-refractivity contribution in [3.8, 4) is 22.3 Å². The summed E-state index contributed by atoms with van der Waals surface area (Å²) in [6.45, 7) is 0. The second-order valence-corrected chi connectivity index (χ2v) is 12.6. The Hall–Kier alpha value is -4.50. The van der Waals surface area contributed by atoms with Crippen molar-refractivity contribution < 1.29 is 0 Å². The largest absolute Gasteiger partial charge is 0.134 e. The molecular weight excluding hydrogens is 521 g/mol. The van der Waals surface area contributed by atoms with Crippen LogP contribution in [0.2, 0.25) is 0 Å². The van der Waals surface area contributed by atoms with E-state index in [9.17, 15) is 0 Å². The fraction of sp³-hybridized carbons (Fsp3) is 0. The highest BCUT2D eigenvalue weighted by atomic mass is 32.1. The second-order valence-electron chi connectivity index (χ2n) is 10.5. The zero-order chi connectivity index (χ0) is 26.2. The second kappa shape index (κ2) is 8.50. The van der Waals surface area contributed by atoms with Crippen LogP contribution < -0.4 is 0 Å². The van der Waals surface area contributed by atoms with Crippen LogP contribution in [-0.2, 0) is 0 Å². The van der Waals surface area contributed by atoms with Crippen molar-refractivity contribution >= 4 is 84.6 Å². The minimum atomic E-state index is 1.25. The van der Waals surface area contributed by atoms with Crippen molar-refractivity contribution in [2.24, 2.45) is 0 Å². The molecule has 0 radical (unpaired) electrons. The fourth-order valence-corrected chi connectivity index (χ4v) is 8.97. The van der Waals surface area contributed by atoms with Crippen molar-refractivity contribution in [3.05, 3.63) is 133 Å². The summed E-state index contributed by atoms with van der Waals surface area (Å²) in [5.74, 6) is 0. The predicted octanol–water partition coefficient (Wildman–Crippen LogP) is 12.1. The van der Waals surface area contributed by atoms with E-state index < -0.39 is 0 Å². The molecule has 0 amide bonds. The third kappa shape index (κ3) is 3.30. The van der Waals surface area contributed by atoms with E-state index in [0.717, 1.165) is 0 Å².